The van der Waals surface area contributed by atoms with Gasteiger partial charge in [0.15, 0.2) is 39.5 Å². The molecule has 1 unspecified atom stereocenters. The van der Waals surface area contributed by atoms with E-state index in [-0.39, 0.29) is 27.9 Å². The number of fused-ring (bicyclic) bond motifs is 1. The van der Waals surface area contributed by atoms with Crippen LogP contribution in [0.4, 0.5) is 5.13 Å². The van der Waals surface area contributed by atoms with Crippen LogP contribution in [0.25, 0.3) is 11.0 Å². The van der Waals surface area contributed by atoms with Crippen LogP contribution in [0.2, 0.25) is 0 Å². The van der Waals surface area contributed by atoms with E-state index in [1.807, 2.05) is 0 Å². The summed E-state index contributed by atoms with van der Waals surface area (Å²) in [6, 6.07) is 10.6. The van der Waals surface area contributed by atoms with Gasteiger partial charge in [0.1, 0.15) is 11.5 Å². The van der Waals surface area contributed by atoms with Crippen LogP contribution in [0.15, 0.2) is 70.9 Å². The molecule has 3 heterocycles. The first-order valence-corrected chi connectivity index (χ1v) is 15.0. The second kappa shape index (κ2) is 13.3. The number of ketones is 1. The number of ether oxygens (including phenoxy) is 4. The monoisotopic (exact) mass is 632 g/mol. The van der Waals surface area contributed by atoms with Crippen LogP contribution in [-0.4, -0.2) is 55.2 Å². The van der Waals surface area contributed by atoms with Crippen LogP contribution in [0.5, 0.6) is 17.2 Å². The van der Waals surface area contributed by atoms with Gasteiger partial charge < -0.3 is 28.5 Å². The van der Waals surface area contributed by atoms with Crippen molar-refractivity contribution < 1.29 is 42.9 Å². The number of nitrogens with zero attached hydrogens (tertiary/aromatic N) is 2. The normalized spacial score (nSPS) is 14.6. The first-order valence-electron chi connectivity index (χ1n) is 14.2. The van der Waals surface area contributed by atoms with Crippen LogP contribution in [0.1, 0.15) is 57.3 Å². The molecule has 1 aliphatic heterocycles. The fourth-order valence-electron chi connectivity index (χ4n) is 4.97. The molecule has 0 bridgehead atoms. The smallest absolute Gasteiger partial charge is 0.350 e. The van der Waals surface area contributed by atoms with Gasteiger partial charge in [-0.05, 0) is 43.2 Å². The Bertz CT molecular complexity index is 1820. The number of aliphatic hydroxyl groups excluding tert-OH is 1. The zero-order valence-electron chi connectivity index (χ0n) is 25.2. The summed E-state index contributed by atoms with van der Waals surface area (Å²) in [6.07, 6.45) is 3.22. The molecule has 1 aliphatic rings. The molecule has 0 aliphatic carbocycles. The van der Waals surface area contributed by atoms with E-state index >= 15 is 0 Å². The first kappa shape index (κ1) is 31.3. The van der Waals surface area contributed by atoms with Gasteiger partial charge in [-0.15, -0.1) is 0 Å². The molecule has 0 saturated carbocycles. The Kier molecular flexibility index (Phi) is 9.24. The van der Waals surface area contributed by atoms with Crippen LogP contribution in [0, 0.1) is 6.92 Å². The zero-order chi connectivity index (χ0) is 32.2. The fourth-order valence-corrected chi connectivity index (χ4v) is 5.95. The molecule has 4 aromatic rings. The van der Waals surface area contributed by atoms with E-state index in [0.717, 1.165) is 24.2 Å². The molecule has 1 atom stereocenters. The average molecular weight is 633 g/mol. The number of hydrogen-bond acceptors (Lipinski definition) is 11. The SMILES string of the molecule is C=CCOC(=O)c1sc(N2C(=O)C(O)=C(C(=O)c3cc4cccc(OC)c4o3)C2c2ccc(OCCCC)c(OC)c2)nc1C. The van der Waals surface area contributed by atoms with E-state index in [1.54, 1.807) is 43.3 Å². The maximum Gasteiger partial charge on any atom is 0.350 e. The minimum atomic E-state index is -1.17. The lowest BCUT2D eigenvalue weighted by Gasteiger charge is -2.25. The van der Waals surface area contributed by atoms with Crippen molar-refractivity contribution in [1.82, 2.24) is 4.98 Å². The Morgan fingerprint density at radius 2 is 1.91 bits per heavy atom. The number of benzene rings is 2. The van der Waals surface area contributed by atoms with E-state index in [1.165, 1.54) is 31.3 Å². The lowest BCUT2D eigenvalue weighted by atomic mass is 9.95. The second-order valence-electron chi connectivity index (χ2n) is 10.1. The number of esters is 1. The fraction of sp³-hybridized carbons (Fsp3) is 0.273. The van der Waals surface area contributed by atoms with Gasteiger partial charge in [0.05, 0.1) is 38.1 Å². The average Bonchev–Trinajstić information content (AvgIpc) is 3.73. The maximum atomic E-state index is 14.1. The van der Waals surface area contributed by atoms with Crippen molar-refractivity contribution in [2.45, 2.75) is 32.7 Å². The summed E-state index contributed by atoms with van der Waals surface area (Å²) in [5.41, 5.74) is 0.849. The van der Waals surface area contributed by atoms with E-state index in [4.69, 9.17) is 23.4 Å². The minimum Gasteiger partial charge on any atom is -0.503 e. The molecule has 0 saturated heterocycles. The quantitative estimate of drug-likeness (QED) is 0.0750. The van der Waals surface area contributed by atoms with Crippen LogP contribution in [0.3, 0.4) is 0 Å². The summed E-state index contributed by atoms with van der Waals surface area (Å²) in [6.45, 7) is 7.67. The Hall–Kier alpha value is -5.10. The molecule has 234 valence electrons. The summed E-state index contributed by atoms with van der Waals surface area (Å²) in [5, 5.41) is 12.0. The Balaban J connectivity index is 1.63. The van der Waals surface area contributed by atoms with E-state index in [2.05, 4.69) is 18.5 Å². The highest BCUT2D eigenvalue weighted by Crippen LogP contribution is 2.46. The molecule has 2 aromatic carbocycles. The largest absolute Gasteiger partial charge is 0.503 e. The van der Waals surface area contributed by atoms with Gasteiger partial charge >= 0.3 is 5.97 Å². The van der Waals surface area contributed by atoms with E-state index in [0.29, 0.717) is 46.1 Å². The number of furan rings is 1. The zero-order valence-corrected chi connectivity index (χ0v) is 26.1. The van der Waals surface area contributed by atoms with Gasteiger partial charge in [-0.3, -0.25) is 14.5 Å². The number of rotatable bonds is 13. The molecule has 0 fully saturated rings. The van der Waals surface area contributed by atoms with Crippen molar-refractivity contribution in [3.8, 4) is 17.2 Å². The Labute approximate surface area is 263 Å². The van der Waals surface area contributed by atoms with Crippen molar-refractivity contribution in [3.05, 3.63) is 88.3 Å². The minimum absolute atomic E-state index is 0.00741. The van der Waals surface area contributed by atoms with E-state index in [9.17, 15) is 19.5 Å². The Morgan fingerprint density at radius 3 is 2.62 bits per heavy atom. The molecule has 12 heteroatoms. The highest BCUT2D eigenvalue weighted by Gasteiger charge is 2.47. The Morgan fingerprint density at radius 1 is 1.13 bits per heavy atom. The first-order chi connectivity index (χ1) is 21.7. The number of hydrogen-bond donors (Lipinski definition) is 1. The van der Waals surface area contributed by atoms with Crippen molar-refractivity contribution in [2.75, 3.05) is 32.3 Å². The molecule has 5 rings (SSSR count). The molecular formula is C33H32N2O9S. The highest BCUT2D eigenvalue weighted by molar-refractivity contribution is 7.17. The van der Waals surface area contributed by atoms with Gasteiger partial charge in [-0.25, -0.2) is 9.78 Å². The number of thiazole rings is 1. The standard InChI is InChI=1S/C33H32N2O9S/c1-6-8-15-42-21-13-12-19(16-23(21)41-5)26-25(27(36)24-17-20-10-9-11-22(40-4)29(20)44-24)28(37)31(38)35(26)33-34-18(3)30(45-33)32(39)43-14-7-2/h7,9-13,16-17,26,37H,2,6,8,14-15H2,1,3-5H3. The number of Topliss-reactive ketones (excluding diaryl/α,β-unsaturated/α-hetero) is 1. The van der Waals surface area contributed by atoms with Crippen molar-refractivity contribution in [2.24, 2.45) is 0 Å². The van der Waals surface area contributed by atoms with Gasteiger partial charge in [-0.2, -0.15) is 0 Å². The number of methoxy groups -OCH3 is 2. The van der Waals surface area contributed by atoms with Crippen LogP contribution in [-0.2, 0) is 9.53 Å². The van der Waals surface area contributed by atoms with Gasteiger partial charge in [-0.1, -0.05) is 55.5 Å². The number of aryl methyl sites for hydroxylation is 1. The van der Waals surface area contributed by atoms with Crippen molar-refractivity contribution in [3.63, 3.8) is 0 Å². The molecule has 11 nitrogen and oxygen atoms in total. The predicted octanol–water partition coefficient (Wildman–Crippen LogP) is 6.52. The lowest BCUT2D eigenvalue weighted by Crippen LogP contribution is -2.31. The third kappa shape index (κ3) is 5.88. The summed E-state index contributed by atoms with van der Waals surface area (Å²) < 4.78 is 28.0. The van der Waals surface area contributed by atoms with Gasteiger partial charge in [0.25, 0.3) is 5.91 Å². The number of para-hydroxylation sites is 1. The van der Waals surface area contributed by atoms with Crippen molar-refractivity contribution >= 4 is 45.1 Å². The molecule has 0 spiro atoms. The number of amides is 1. The van der Waals surface area contributed by atoms with Crippen LogP contribution >= 0.6 is 11.3 Å². The number of carbonyl (C=O) groups is 3. The molecule has 2 aromatic heterocycles. The third-order valence-corrected chi connectivity index (χ3v) is 8.31. The molecule has 1 N–H and O–H groups in total. The maximum absolute atomic E-state index is 14.1. The predicted molar refractivity (Wildman–Crippen MR) is 168 cm³/mol. The molecule has 0 radical (unpaired) electrons. The molecular weight excluding hydrogens is 600 g/mol. The molecule has 45 heavy (non-hydrogen) atoms. The summed E-state index contributed by atoms with van der Waals surface area (Å²) in [4.78, 5) is 46.4. The third-order valence-electron chi connectivity index (χ3n) is 7.17. The number of aliphatic hydroxyl groups is 1. The van der Waals surface area contributed by atoms with E-state index < -0.39 is 29.5 Å². The van der Waals surface area contributed by atoms with Crippen molar-refractivity contribution in [1.29, 1.82) is 0 Å². The second-order valence-corrected chi connectivity index (χ2v) is 11.0. The molecule has 1 amide bonds. The topological polar surface area (TPSA) is 138 Å². The highest BCUT2D eigenvalue weighted by atomic mass is 32.1. The van der Waals surface area contributed by atoms with Gasteiger partial charge in [0, 0.05) is 5.39 Å². The summed E-state index contributed by atoms with van der Waals surface area (Å²) >= 11 is 0.905. The summed E-state index contributed by atoms with van der Waals surface area (Å²) in [7, 11) is 2.97. The number of anilines is 1. The van der Waals surface area contributed by atoms with Crippen LogP contribution < -0.4 is 19.1 Å². The summed E-state index contributed by atoms with van der Waals surface area (Å²) in [5.74, 6) is -1.84. The lowest BCUT2D eigenvalue weighted by molar-refractivity contribution is -0.117. The number of aromatic nitrogens is 1. The number of carbonyl (C=O) groups excluding carboxylic acids is 3. The van der Waals surface area contributed by atoms with Gasteiger partial charge in [0.2, 0.25) is 5.78 Å². The number of unbranched alkanes of at least 4 members (excludes halogenated alkanes) is 1.